The Kier molecular flexibility index (Phi) is 43.8. The Morgan fingerprint density at radius 2 is 1.17 bits per heavy atom. The van der Waals surface area contributed by atoms with Crippen LogP contribution in [0.5, 0.6) is 11.5 Å². The molecule has 54 nitrogen and oxygen atoms in total. The SMILES string of the molecule is CC(O)C1NC(=O)C(CCCN(O)C=O)NC(=O)C(NC(=O)C(CCCN(O)C=O)NC(=O)C(CO)NC(=O)C(CCCNC(=N)N)NC(=O)C(CO)NC(=O)C2CCNc3c(NC(=O)CCCC(=O)NC(CCC(=O)O)C(=O)NC(CCCCNC(=S)Nc4ccc(-c5c6ccc(=O)cc-6oc6cc(O)ccc56)c(C(=O)O)c4)C(=O)NCC(=O)O)cc4cc(O)c(=O)cc-4n32)CCCCNC(=O)C(C(C)O)NC1=O. The highest BCUT2D eigenvalue weighted by molar-refractivity contribution is 7.80. The van der Waals surface area contributed by atoms with Crippen molar-refractivity contribution >= 4 is 159 Å². The number of hydroxylamine groups is 4. The number of rotatable bonds is 50. The third-order valence-electron chi connectivity index (χ3n) is 23.1. The van der Waals surface area contributed by atoms with Crippen LogP contribution in [-0.4, -0.2) is 321 Å². The quantitative estimate of drug-likeness (QED) is 0.00249. The predicted octanol–water partition coefficient (Wildman–Crippen LogP) is -4.96. The van der Waals surface area contributed by atoms with Gasteiger partial charge in [-0.1, -0.05) is 6.07 Å². The largest absolute Gasteiger partial charge is 0.508 e. The number of amides is 15. The maximum atomic E-state index is 14.8. The third-order valence-corrected chi connectivity index (χ3v) is 23.3. The number of aromatic hydroxyl groups is 2. The zero-order valence-electron chi connectivity index (χ0n) is 78.5. The number of nitrogens with zero attached hydrogens (tertiary/aromatic N) is 3. The van der Waals surface area contributed by atoms with Crippen LogP contribution in [0.3, 0.4) is 0 Å². The molecule has 31 N–H and O–H groups in total. The van der Waals surface area contributed by atoms with Gasteiger partial charge in [0.25, 0.3) is 0 Å². The molecule has 13 unspecified atom stereocenters. The number of aliphatic hydroxyl groups is 4. The first kappa shape index (κ1) is 114. The van der Waals surface area contributed by atoms with Crippen molar-refractivity contribution in [3.63, 3.8) is 0 Å². The Balaban J connectivity index is 0.914. The molecule has 55 heteroatoms. The molecular weight excluding hydrogens is 1930 g/mol. The van der Waals surface area contributed by atoms with Crippen molar-refractivity contribution in [3.8, 4) is 45.2 Å². The Hall–Kier alpha value is -15.9. The number of aromatic nitrogens is 1. The summed E-state index contributed by atoms with van der Waals surface area (Å²) in [7, 11) is 0. The molecule has 0 bridgehead atoms. The summed E-state index contributed by atoms with van der Waals surface area (Å²) in [6.45, 7) is -2.20. The number of nitrogens with one attached hydrogen (secondary N) is 18. The lowest BCUT2D eigenvalue weighted by molar-refractivity contribution is -0.150. The van der Waals surface area contributed by atoms with E-state index in [0.29, 0.717) is 16.5 Å². The summed E-state index contributed by atoms with van der Waals surface area (Å²) in [5, 5.41) is 164. The molecular formula is C90H118N22O32S. The second-order valence-corrected chi connectivity index (χ2v) is 34.5. The van der Waals surface area contributed by atoms with Crippen LogP contribution in [-0.2, 0) is 81.5 Å². The second-order valence-electron chi connectivity index (χ2n) is 34.0. The summed E-state index contributed by atoms with van der Waals surface area (Å²) >= 11 is 5.51. The number of thiocarbonyl (C=S) groups is 1. The monoisotopic (exact) mass is 2050 g/mol. The number of nitrogens with two attached hydrogens (primary N) is 1. The second kappa shape index (κ2) is 55.5. The first-order chi connectivity index (χ1) is 68.9. The van der Waals surface area contributed by atoms with Gasteiger partial charge in [-0.3, -0.25) is 107 Å². The normalized spacial score (nSPS) is 17.1. The molecule has 4 aliphatic heterocycles. The number of aromatic carboxylic acids is 1. The first-order valence-electron chi connectivity index (χ1n) is 46.0. The number of phenolic OH excluding ortho intramolecular Hbond substituents is 2. The van der Waals surface area contributed by atoms with Crippen molar-refractivity contribution in [3.05, 3.63) is 98.8 Å². The smallest absolute Gasteiger partial charge is 0.336 e. The van der Waals surface area contributed by atoms with Gasteiger partial charge in [0.05, 0.1) is 42.4 Å². The molecule has 786 valence electrons. The van der Waals surface area contributed by atoms with Gasteiger partial charge in [0, 0.05) is 104 Å². The van der Waals surface area contributed by atoms with Crippen LogP contribution in [0.1, 0.15) is 146 Å². The number of fused-ring (bicyclic) bond motifs is 5. The number of pyridine rings is 1. The molecule has 2 aromatic carbocycles. The number of carboxylic acids is 3. The highest BCUT2D eigenvalue weighted by atomic mass is 32.1. The number of unbranched alkanes of at least 4 members (excludes halogenated alkanes) is 1. The number of carbonyl (C=O) groups is 18. The summed E-state index contributed by atoms with van der Waals surface area (Å²) < 4.78 is 7.15. The zero-order chi connectivity index (χ0) is 107. The van der Waals surface area contributed by atoms with Crippen LogP contribution < -0.4 is 107 Å². The van der Waals surface area contributed by atoms with Gasteiger partial charge in [-0.25, -0.2) is 14.9 Å². The Bertz CT molecular complexity index is 5800. The van der Waals surface area contributed by atoms with Crippen molar-refractivity contribution in [2.75, 3.05) is 75.0 Å². The first-order valence-corrected chi connectivity index (χ1v) is 46.4. The lowest BCUT2D eigenvalue weighted by atomic mass is 9.90. The van der Waals surface area contributed by atoms with Crippen molar-refractivity contribution in [2.45, 2.75) is 208 Å². The summed E-state index contributed by atoms with van der Waals surface area (Å²) in [6.07, 6.45) is -7.75. The number of phenols is 2. The fourth-order valence-electron chi connectivity index (χ4n) is 15.7. The molecule has 15 amide bonds. The average Bonchev–Trinajstić information content (AvgIpc) is 0.749. The standard InChI is InChI=1S/C90H118N22O32S/c1-44(117)74-86(138)94-27-5-3-12-55(78(130)103-58(15-10-32-111(143)43-116)82(134)108-75(45(2)118)87(139)109-74)102-79(131)57(14-9-31-110(142)42-115)105-83(135)61(40-113)106-80(132)56(13-8-29-95-89(91)92)104-84(136)62(41-114)107-85(137)63-26-30-93-76-60(33-46-34-65(121)66(122)38-64(46)112(63)76)100-70(124)17-7-16-69(123)99-59(24-25-71(125)126)81(133)101-54(77(129)97-39-72(127)128)11-4-6-28-96-90(145)98-47-18-21-50(53(35-47)88(140)141)73-51-22-19-48(119)36-67(51)144-68-37-49(120)20-23-52(68)73/h18-23,33-38,42-45,54-59,61-63,74-75,93,113-114,117-119,121,142-143H,3-17,24-32,39-41H2,1-2H3,(H,94,138)(H,97,129)(H,99,123)(H,100,124)(H,101,133)(H,102,131)(H,103,130)(H,104,136)(H,105,135)(H,106,132)(H,107,137)(H,108,134)(H,109,139)(H,125,126)(H,127,128)(H,140,141)(H4,91,92,95)(H2,96,98,145). The highest BCUT2D eigenvalue weighted by Crippen LogP contribution is 2.44. The van der Waals surface area contributed by atoms with Crippen molar-refractivity contribution in [1.29, 1.82) is 5.41 Å². The van der Waals surface area contributed by atoms with Gasteiger partial charge >= 0.3 is 17.9 Å². The molecule has 0 aromatic heterocycles. The molecule has 4 heterocycles. The fourth-order valence-corrected chi connectivity index (χ4v) is 15.9. The van der Waals surface area contributed by atoms with Gasteiger partial charge in [0.1, 0.15) is 95.9 Å². The van der Waals surface area contributed by atoms with Crippen LogP contribution in [0.2, 0.25) is 0 Å². The number of aliphatic carboxylic acids is 2. The zero-order valence-corrected chi connectivity index (χ0v) is 79.3. The van der Waals surface area contributed by atoms with E-state index in [4.69, 9.17) is 27.8 Å². The van der Waals surface area contributed by atoms with Crippen LogP contribution in [0.25, 0.3) is 44.7 Å². The molecule has 145 heavy (non-hydrogen) atoms. The predicted molar refractivity (Wildman–Crippen MR) is 513 cm³/mol. The number of aliphatic hydroxyl groups excluding tert-OH is 4. The topological polar surface area (TPSA) is 843 Å². The number of carbonyl (C=O) groups excluding carboxylic acids is 15. The van der Waals surface area contributed by atoms with Crippen molar-refractivity contribution in [1.82, 2.24) is 89.1 Å². The number of anilines is 3. The van der Waals surface area contributed by atoms with Gasteiger partial charge in [-0.15, -0.1) is 0 Å². The van der Waals surface area contributed by atoms with Gasteiger partial charge in [0.15, 0.2) is 22.3 Å². The molecule has 13 atom stereocenters. The highest BCUT2D eigenvalue weighted by Gasteiger charge is 2.40. The molecule has 1 saturated heterocycles. The maximum absolute atomic E-state index is 14.8. The van der Waals surface area contributed by atoms with Gasteiger partial charge in [0.2, 0.25) is 95.0 Å². The average molecular weight is 2050 g/mol. The number of benzene rings is 4. The Labute approximate surface area is 829 Å². The summed E-state index contributed by atoms with van der Waals surface area (Å²) in [5.41, 5.74) is 5.34. The fraction of sp³-hybridized carbons (Fsp3) is 0.467. The number of hydrogen-bond acceptors (Lipinski definition) is 32. The van der Waals surface area contributed by atoms with E-state index in [2.05, 4.69) is 90.4 Å². The van der Waals surface area contributed by atoms with E-state index in [1.807, 2.05) is 0 Å². The molecule has 0 saturated carbocycles. The van der Waals surface area contributed by atoms with E-state index in [9.17, 15) is 152 Å². The minimum Gasteiger partial charge on any atom is -0.508 e. The molecule has 6 aliphatic rings. The molecule has 0 radical (unpaired) electrons. The minimum absolute atomic E-state index is 0.0106. The number of carboxylic acid groups (broad SMARTS) is 3. The molecule has 2 aromatic rings. The molecule has 8 rings (SSSR count). The molecule has 0 spiro atoms. The van der Waals surface area contributed by atoms with E-state index in [-0.39, 0.29) is 187 Å². The van der Waals surface area contributed by atoms with E-state index in [1.54, 1.807) is 12.1 Å². The Morgan fingerprint density at radius 1 is 0.572 bits per heavy atom. The van der Waals surface area contributed by atoms with Crippen molar-refractivity contribution in [2.24, 2.45) is 5.73 Å². The van der Waals surface area contributed by atoms with Crippen LogP contribution in [0.15, 0.2) is 86.8 Å². The molecule has 2 aliphatic carbocycles. The third kappa shape index (κ3) is 34.2. The Morgan fingerprint density at radius 3 is 1.82 bits per heavy atom. The summed E-state index contributed by atoms with van der Waals surface area (Å²) in [5.74, 6) is -19.6. The van der Waals surface area contributed by atoms with E-state index < -0.39 is 268 Å². The summed E-state index contributed by atoms with van der Waals surface area (Å²) in [4.78, 5) is 268. The van der Waals surface area contributed by atoms with Crippen LogP contribution in [0, 0.1) is 5.41 Å². The summed E-state index contributed by atoms with van der Waals surface area (Å²) in [6, 6.07) is -3.01. The van der Waals surface area contributed by atoms with Crippen LogP contribution in [0.4, 0.5) is 17.2 Å². The van der Waals surface area contributed by atoms with E-state index in [1.165, 1.54) is 60.0 Å². The maximum Gasteiger partial charge on any atom is 0.336 e. The lowest BCUT2D eigenvalue weighted by Crippen LogP contribution is -2.62. The van der Waals surface area contributed by atoms with Crippen molar-refractivity contribution < 1.29 is 147 Å². The minimum atomic E-state index is -2.04. The lowest BCUT2D eigenvalue weighted by Gasteiger charge is -2.34. The van der Waals surface area contributed by atoms with E-state index in [0.717, 1.165) is 19.1 Å². The van der Waals surface area contributed by atoms with Gasteiger partial charge < -0.3 is 151 Å². The van der Waals surface area contributed by atoms with Gasteiger partial charge in [-0.2, -0.15) is 0 Å². The van der Waals surface area contributed by atoms with E-state index >= 15 is 0 Å². The number of hydrogen-bond donors (Lipinski definition) is 30. The number of guanidine groups is 1. The molecule has 1 fully saturated rings. The van der Waals surface area contributed by atoms with Gasteiger partial charge in [-0.05, 0) is 176 Å². The van der Waals surface area contributed by atoms with Crippen LogP contribution >= 0.6 is 12.2 Å².